The van der Waals surface area contributed by atoms with Gasteiger partial charge in [-0.3, -0.25) is 4.79 Å². The molecular formula is C11H19NO4. The lowest BCUT2D eigenvalue weighted by molar-refractivity contribution is -0.146. The Labute approximate surface area is 95.2 Å². The van der Waals surface area contributed by atoms with E-state index in [9.17, 15) is 9.59 Å². The summed E-state index contributed by atoms with van der Waals surface area (Å²) in [5, 5.41) is 11.3. The number of amides is 1. The number of rotatable bonds is 5. The molecule has 1 amide bonds. The molecule has 1 aliphatic heterocycles. The molecule has 1 saturated heterocycles. The van der Waals surface area contributed by atoms with Gasteiger partial charge < -0.3 is 15.2 Å². The van der Waals surface area contributed by atoms with Gasteiger partial charge in [0, 0.05) is 13.0 Å². The summed E-state index contributed by atoms with van der Waals surface area (Å²) in [7, 11) is 0. The molecular weight excluding hydrogens is 210 g/mol. The van der Waals surface area contributed by atoms with E-state index >= 15 is 0 Å². The number of nitrogens with one attached hydrogen (secondary N) is 1. The Balaban J connectivity index is 2.27. The van der Waals surface area contributed by atoms with Gasteiger partial charge in [-0.25, -0.2) is 4.79 Å². The third kappa shape index (κ3) is 3.81. The summed E-state index contributed by atoms with van der Waals surface area (Å²) >= 11 is 0. The van der Waals surface area contributed by atoms with Crippen LogP contribution in [0.1, 0.15) is 39.5 Å². The summed E-state index contributed by atoms with van der Waals surface area (Å²) in [6, 6.07) is 0. The summed E-state index contributed by atoms with van der Waals surface area (Å²) < 4.78 is 5.38. The monoisotopic (exact) mass is 229 g/mol. The summed E-state index contributed by atoms with van der Waals surface area (Å²) in [5.74, 6) is -1.26. The molecule has 5 heteroatoms. The van der Waals surface area contributed by atoms with Crippen LogP contribution in [0.5, 0.6) is 0 Å². The van der Waals surface area contributed by atoms with Gasteiger partial charge in [-0.05, 0) is 33.1 Å². The second-order valence-electron chi connectivity index (χ2n) is 4.65. The van der Waals surface area contributed by atoms with Gasteiger partial charge in [0.2, 0.25) is 5.91 Å². The third-order valence-electron chi connectivity index (χ3n) is 2.70. The highest BCUT2D eigenvalue weighted by Gasteiger charge is 2.29. The van der Waals surface area contributed by atoms with Gasteiger partial charge in [-0.15, -0.1) is 0 Å². The van der Waals surface area contributed by atoms with Crippen LogP contribution in [0.15, 0.2) is 0 Å². The molecule has 1 rings (SSSR count). The van der Waals surface area contributed by atoms with E-state index in [-0.39, 0.29) is 12.0 Å². The van der Waals surface area contributed by atoms with Crippen LogP contribution in [0.25, 0.3) is 0 Å². The van der Waals surface area contributed by atoms with Gasteiger partial charge in [0.25, 0.3) is 0 Å². The van der Waals surface area contributed by atoms with Gasteiger partial charge in [-0.2, -0.15) is 0 Å². The number of hydrogen-bond donors (Lipinski definition) is 2. The Morgan fingerprint density at radius 1 is 1.50 bits per heavy atom. The number of carboxylic acids is 1. The molecule has 2 N–H and O–H groups in total. The summed E-state index contributed by atoms with van der Waals surface area (Å²) in [4.78, 5) is 22.3. The van der Waals surface area contributed by atoms with Crippen molar-refractivity contribution in [3.63, 3.8) is 0 Å². The topological polar surface area (TPSA) is 75.6 Å². The largest absolute Gasteiger partial charge is 0.480 e. The predicted octanol–water partition coefficient (Wildman–Crippen LogP) is 0.925. The first-order chi connectivity index (χ1) is 7.42. The van der Waals surface area contributed by atoms with Crippen molar-refractivity contribution in [3.8, 4) is 0 Å². The van der Waals surface area contributed by atoms with Crippen molar-refractivity contribution < 1.29 is 19.4 Å². The summed E-state index contributed by atoms with van der Waals surface area (Å²) in [5.41, 5.74) is -1.20. The van der Waals surface area contributed by atoms with Crippen molar-refractivity contribution in [3.05, 3.63) is 0 Å². The zero-order chi connectivity index (χ0) is 12.2. The highest BCUT2D eigenvalue weighted by Crippen LogP contribution is 2.16. The van der Waals surface area contributed by atoms with Crippen molar-refractivity contribution >= 4 is 11.9 Å². The first kappa shape index (κ1) is 13.0. The van der Waals surface area contributed by atoms with Crippen molar-refractivity contribution in [2.75, 3.05) is 6.61 Å². The molecule has 0 aliphatic carbocycles. The molecule has 0 spiro atoms. The van der Waals surface area contributed by atoms with Crippen LogP contribution < -0.4 is 5.32 Å². The normalized spacial score (nSPS) is 20.8. The Hall–Kier alpha value is -1.10. The minimum Gasteiger partial charge on any atom is -0.480 e. The number of aliphatic carboxylic acids is 1. The van der Waals surface area contributed by atoms with Crippen molar-refractivity contribution in [2.45, 2.75) is 51.2 Å². The maximum absolute atomic E-state index is 11.5. The Bertz CT molecular complexity index is 269. The molecule has 0 bridgehead atoms. The molecule has 0 saturated carbocycles. The Morgan fingerprint density at radius 3 is 2.69 bits per heavy atom. The number of carboxylic acid groups (broad SMARTS) is 1. The molecule has 1 atom stereocenters. The van der Waals surface area contributed by atoms with E-state index in [1.165, 1.54) is 13.8 Å². The highest BCUT2D eigenvalue weighted by molar-refractivity contribution is 5.86. The molecule has 0 radical (unpaired) electrons. The molecule has 1 unspecified atom stereocenters. The fourth-order valence-electron chi connectivity index (χ4n) is 1.63. The molecule has 92 valence electrons. The van der Waals surface area contributed by atoms with Gasteiger partial charge in [-0.1, -0.05) is 0 Å². The average Bonchev–Trinajstić information content (AvgIpc) is 2.66. The van der Waals surface area contributed by atoms with Crippen molar-refractivity contribution in [1.82, 2.24) is 5.32 Å². The Kier molecular flexibility index (Phi) is 4.29. The Morgan fingerprint density at radius 2 is 2.19 bits per heavy atom. The van der Waals surface area contributed by atoms with Crippen molar-refractivity contribution in [2.24, 2.45) is 0 Å². The second-order valence-corrected chi connectivity index (χ2v) is 4.65. The number of carbonyl (C=O) groups is 2. The lowest BCUT2D eigenvalue weighted by Gasteiger charge is -2.21. The summed E-state index contributed by atoms with van der Waals surface area (Å²) in [6.45, 7) is 3.71. The first-order valence-electron chi connectivity index (χ1n) is 5.58. The van der Waals surface area contributed by atoms with Gasteiger partial charge in [0.05, 0.1) is 6.10 Å². The van der Waals surface area contributed by atoms with Gasteiger partial charge in [0.1, 0.15) is 5.54 Å². The smallest absolute Gasteiger partial charge is 0.328 e. The number of hydrogen-bond acceptors (Lipinski definition) is 3. The highest BCUT2D eigenvalue weighted by atomic mass is 16.5. The molecule has 1 heterocycles. The van der Waals surface area contributed by atoms with Crippen LogP contribution >= 0.6 is 0 Å². The van der Waals surface area contributed by atoms with E-state index < -0.39 is 11.5 Å². The van der Waals surface area contributed by atoms with E-state index in [2.05, 4.69) is 5.32 Å². The van der Waals surface area contributed by atoms with Crippen LogP contribution in [-0.2, 0) is 14.3 Å². The molecule has 1 fully saturated rings. The third-order valence-corrected chi connectivity index (χ3v) is 2.70. The van der Waals surface area contributed by atoms with Crippen LogP contribution in [0, 0.1) is 0 Å². The van der Waals surface area contributed by atoms with Gasteiger partial charge in [0.15, 0.2) is 0 Å². The molecule has 0 aromatic rings. The molecule has 1 aliphatic rings. The van der Waals surface area contributed by atoms with E-state index in [0.717, 1.165) is 19.4 Å². The molecule has 16 heavy (non-hydrogen) atoms. The lowest BCUT2D eigenvalue weighted by Crippen LogP contribution is -2.49. The van der Waals surface area contributed by atoms with Crippen molar-refractivity contribution in [1.29, 1.82) is 0 Å². The van der Waals surface area contributed by atoms with E-state index in [1.54, 1.807) is 0 Å². The fraction of sp³-hybridized carbons (Fsp3) is 0.818. The molecule has 0 aromatic heterocycles. The van der Waals surface area contributed by atoms with Crippen LogP contribution in [0.3, 0.4) is 0 Å². The van der Waals surface area contributed by atoms with Gasteiger partial charge >= 0.3 is 5.97 Å². The maximum atomic E-state index is 11.5. The molecule has 0 aromatic carbocycles. The zero-order valence-corrected chi connectivity index (χ0v) is 9.78. The average molecular weight is 229 g/mol. The van der Waals surface area contributed by atoms with Crippen LogP contribution in [-0.4, -0.2) is 35.2 Å². The van der Waals surface area contributed by atoms with Crippen LogP contribution in [0.2, 0.25) is 0 Å². The standard InChI is InChI=1S/C11H19NO4/c1-11(2,10(14)15)12-9(13)6-5-8-4-3-7-16-8/h8H,3-7H2,1-2H3,(H,12,13)(H,14,15). The quantitative estimate of drug-likeness (QED) is 0.735. The van der Waals surface area contributed by atoms with E-state index in [0.29, 0.717) is 12.8 Å². The van der Waals surface area contributed by atoms with E-state index in [1.807, 2.05) is 0 Å². The van der Waals surface area contributed by atoms with Crippen LogP contribution in [0.4, 0.5) is 0 Å². The lowest BCUT2D eigenvalue weighted by atomic mass is 10.1. The first-order valence-corrected chi connectivity index (χ1v) is 5.58. The SMILES string of the molecule is CC(C)(NC(=O)CCC1CCCO1)C(=O)O. The predicted molar refractivity (Wildman–Crippen MR) is 58.1 cm³/mol. The fourth-order valence-corrected chi connectivity index (χ4v) is 1.63. The maximum Gasteiger partial charge on any atom is 0.328 e. The number of ether oxygens (including phenoxy) is 1. The minimum atomic E-state index is -1.20. The minimum absolute atomic E-state index is 0.165. The van der Waals surface area contributed by atoms with E-state index in [4.69, 9.17) is 9.84 Å². The zero-order valence-electron chi connectivity index (χ0n) is 9.78. The second kappa shape index (κ2) is 5.30. The molecule has 5 nitrogen and oxygen atoms in total. The summed E-state index contributed by atoms with van der Waals surface area (Å²) in [6.07, 6.45) is 3.20. The number of carbonyl (C=O) groups excluding carboxylic acids is 1.